The summed E-state index contributed by atoms with van der Waals surface area (Å²) in [4.78, 5) is 4.50. The summed E-state index contributed by atoms with van der Waals surface area (Å²) in [6, 6.07) is 18.4. The fourth-order valence-electron chi connectivity index (χ4n) is 2.37. The van der Waals surface area contributed by atoms with Gasteiger partial charge >= 0.3 is 0 Å². The quantitative estimate of drug-likeness (QED) is 0.788. The van der Waals surface area contributed by atoms with Crippen LogP contribution in [0.1, 0.15) is 5.69 Å². The molecule has 0 saturated heterocycles. The van der Waals surface area contributed by atoms with Crippen LogP contribution in [0.5, 0.6) is 0 Å². The van der Waals surface area contributed by atoms with Gasteiger partial charge in [-0.1, -0.05) is 42.5 Å². The van der Waals surface area contributed by atoms with Gasteiger partial charge in [0.15, 0.2) is 0 Å². The molecule has 0 aliphatic rings. The Kier molecular flexibility index (Phi) is 4.18. The molecule has 3 aromatic rings. The SMILES string of the molecule is O=S(=O)(NCCc1ccccn1)c1cccc2ccccc12. The summed E-state index contributed by atoms with van der Waals surface area (Å²) in [6.45, 7) is 0.322. The van der Waals surface area contributed by atoms with Crippen molar-refractivity contribution in [2.75, 3.05) is 6.54 Å². The lowest BCUT2D eigenvalue weighted by Crippen LogP contribution is -2.26. The minimum Gasteiger partial charge on any atom is -0.261 e. The smallest absolute Gasteiger partial charge is 0.241 e. The van der Waals surface area contributed by atoms with E-state index >= 15 is 0 Å². The molecule has 112 valence electrons. The Morgan fingerprint density at radius 1 is 0.909 bits per heavy atom. The zero-order valence-corrected chi connectivity index (χ0v) is 12.8. The Hall–Kier alpha value is -2.24. The van der Waals surface area contributed by atoms with Crippen molar-refractivity contribution in [2.45, 2.75) is 11.3 Å². The third-order valence-electron chi connectivity index (χ3n) is 3.44. The van der Waals surface area contributed by atoms with Crippen LogP contribution in [-0.4, -0.2) is 19.9 Å². The van der Waals surface area contributed by atoms with E-state index in [0.29, 0.717) is 17.9 Å². The molecular formula is C17H16N2O2S. The maximum atomic E-state index is 12.5. The fourth-order valence-corrected chi connectivity index (χ4v) is 3.63. The summed E-state index contributed by atoms with van der Waals surface area (Å²) in [7, 11) is -3.53. The van der Waals surface area contributed by atoms with Crippen LogP contribution < -0.4 is 4.72 Å². The number of benzene rings is 2. The van der Waals surface area contributed by atoms with Crippen molar-refractivity contribution in [1.29, 1.82) is 0 Å². The average Bonchev–Trinajstić information content (AvgIpc) is 2.55. The minimum absolute atomic E-state index is 0.312. The molecule has 1 heterocycles. The Morgan fingerprint density at radius 3 is 2.50 bits per heavy atom. The van der Waals surface area contributed by atoms with Crippen molar-refractivity contribution in [3.05, 3.63) is 72.6 Å². The van der Waals surface area contributed by atoms with E-state index in [2.05, 4.69) is 9.71 Å². The third-order valence-corrected chi connectivity index (χ3v) is 4.96. The van der Waals surface area contributed by atoms with E-state index in [4.69, 9.17) is 0 Å². The minimum atomic E-state index is -3.53. The Bertz CT molecular complexity index is 872. The van der Waals surface area contributed by atoms with Crippen molar-refractivity contribution in [3.8, 4) is 0 Å². The van der Waals surface area contributed by atoms with Gasteiger partial charge in [0, 0.05) is 30.2 Å². The van der Waals surface area contributed by atoms with Crippen LogP contribution in [0.3, 0.4) is 0 Å². The van der Waals surface area contributed by atoms with Gasteiger partial charge in [-0.2, -0.15) is 0 Å². The van der Waals surface area contributed by atoms with Crippen LogP contribution in [0.25, 0.3) is 10.8 Å². The maximum Gasteiger partial charge on any atom is 0.241 e. The van der Waals surface area contributed by atoms with Gasteiger partial charge < -0.3 is 0 Å². The second kappa shape index (κ2) is 6.25. The summed E-state index contributed by atoms with van der Waals surface area (Å²) in [5.74, 6) is 0. The average molecular weight is 312 g/mol. The third kappa shape index (κ3) is 3.16. The molecule has 5 heteroatoms. The van der Waals surface area contributed by atoms with Gasteiger partial charge in [-0.15, -0.1) is 0 Å². The molecule has 3 rings (SSSR count). The standard InChI is InChI=1S/C17H16N2O2S/c20-22(21,19-13-11-15-8-3-4-12-18-15)17-10-5-7-14-6-1-2-9-16(14)17/h1-10,12,19H,11,13H2. The first-order valence-corrected chi connectivity index (χ1v) is 8.52. The molecule has 0 amide bonds. The van der Waals surface area contributed by atoms with Gasteiger partial charge in [0.1, 0.15) is 0 Å². The topological polar surface area (TPSA) is 59.1 Å². The number of hydrogen-bond acceptors (Lipinski definition) is 3. The summed E-state index contributed by atoms with van der Waals surface area (Å²) in [5.41, 5.74) is 0.864. The lowest BCUT2D eigenvalue weighted by Gasteiger charge is -2.09. The maximum absolute atomic E-state index is 12.5. The molecule has 2 aromatic carbocycles. The van der Waals surface area contributed by atoms with Crippen molar-refractivity contribution in [3.63, 3.8) is 0 Å². The Labute approximate surface area is 129 Å². The molecule has 0 bridgehead atoms. The Morgan fingerprint density at radius 2 is 1.68 bits per heavy atom. The highest BCUT2D eigenvalue weighted by Crippen LogP contribution is 2.22. The lowest BCUT2D eigenvalue weighted by atomic mass is 10.1. The van der Waals surface area contributed by atoms with Crippen LogP contribution in [-0.2, 0) is 16.4 Å². The van der Waals surface area contributed by atoms with E-state index in [1.807, 2.05) is 48.5 Å². The number of nitrogens with zero attached hydrogens (tertiary/aromatic N) is 1. The zero-order chi connectivity index (χ0) is 15.4. The Balaban J connectivity index is 1.80. The van der Waals surface area contributed by atoms with E-state index in [0.717, 1.165) is 16.5 Å². The predicted octanol–water partition coefficient (Wildman–Crippen LogP) is 2.76. The molecule has 0 unspecified atom stereocenters. The van der Waals surface area contributed by atoms with Crippen molar-refractivity contribution in [2.24, 2.45) is 0 Å². The molecule has 0 spiro atoms. The first kappa shape index (κ1) is 14.7. The lowest BCUT2D eigenvalue weighted by molar-refractivity contribution is 0.582. The molecule has 1 aromatic heterocycles. The van der Waals surface area contributed by atoms with E-state index in [-0.39, 0.29) is 0 Å². The van der Waals surface area contributed by atoms with Gasteiger partial charge in [-0.25, -0.2) is 13.1 Å². The highest BCUT2D eigenvalue weighted by molar-refractivity contribution is 7.89. The van der Waals surface area contributed by atoms with Crippen LogP contribution in [0.2, 0.25) is 0 Å². The highest BCUT2D eigenvalue weighted by Gasteiger charge is 2.16. The van der Waals surface area contributed by atoms with E-state index in [1.54, 1.807) is 18.3 Å². The van der Waals surface area contributed by atoms with Crippen LogP contribution in [0, 0.1) is 0 Å². The molecule has 1 N–H and O–H groups in total. The van der Waals surface area contributed by atoms with E-state index < -0.39 is 10.0 Å². The van der Waals surface area contributed by atoms with Crippen LogP contribution in [0.4, 0.5) is 0 Å². The second-order valence-corrected chi connectivity index (χ2v) is 6.68. The first-order chi connectivity index (χ1) is 10.7. The number of nitrogens with one attached hydrogen (secondary N) is 1. The van der Waals surface area contributed by atoms with Crippen molar-refractivity contribution >= 4 is 20.8 Å². The molecule has 0 saturated carbocycles. The molecule has 0 aliphatic heterocycles. The number of rotatable bonds is 5. The summed E-state index contributed by atoms with van der Waals surface area (Å²) in [6.07, 6.45) is 2.26. The molecule has 0 atom stereocenters. The second-order valence-electron chi connectivity index (χ2n) is 4.95. The van der Waals surface area contributed by atoms with Gasteiger partial charge in [-0.3, -0.25) is 4.98 Å². The number of aromatic nitrogens is 1. The van der Waals surface area contributed by atoms with Crippen LogP contribution in [0.15, 0.2) is 71.8 Å². The largest absolute Gasteiger partial charge is 0.261 e. The van der Waals surface area contributed by atoms with Gasteiger partial charge in [0.05, 0.1) is 4.90 Å². The van der Waals surface area contributed by atoms with E-state index in [1.165, 1.54) is 0 Å². The first-order valence-electron chi connectivity index (χ1n) is 7.04. The summed E-state index contributed by atoms with van der Waals surface area (Å²) < 4.78 is 27.7. The van der Waals surface area contributed by atoms with Crippen molar-refractivity contribution < 1.29 is 8.42 Å². The number of sulfonamides is 1. The monoisotopic (exact) mass is 312 g/mol. The highest BCUT2D eigenvalue weighted by atomic mass is 32.2. The van der Waals surface area contributed by atoms with Gasteiger partial charge in [0.25, 0.3) is 0 Å². The predicted molar refractivity (Wildman–Crippen MR) is 87.1 cm³/mol. The zero-order valence-electron chi connectivity index (χ0n) is 11.9. The molecule has 22 heavy (non-hydrogen) atoms. The van der Waals surface area contributed by atoms with E-state index in [9.17, 15) is 8.42 Å². The van der Waals surface area contributed by atoms with Gasteiger partial charge in [-0.05, 0) is 23.6 Å². The summed E-state index contributed by atoms with van der Waals surface area (Å²) >= 11 is 0. The molecule has 0 aliphatic carbocycles. The van der Waals surface area contributed by atoms with Crippen LogP contribution >= 0.6 is 0 Å². The van der Waals surface area contributed by atoms with Crippen molar-refractivity contribution in [1.82, 2.24) is 9.71 Å². The molecule has 0 radical (unpaired) electrons. The number of hydrogen-bond donors (Lipinski definition) is 1. The molecule has 4 nitrogen and oxygen atoms in total. The fraction of sp³-hybridized carbons (Fsp3) is 0.118. The number of fused-ring (bicyclic) bond motifs is 1. The molecular weight excluding hydrogens is 296 g/mol. The number of pyridine rings is 1. The van der Waals surface area contributed by atoms with Gasteiger partial charge in [0.2, 0.25) is 10.0 Å². The molecule has 0 fully saturated rings. The normalized spacial score (nSPS) is 11.6. The summed E-state index contributed by atoms with van der Waals surface area (Å²) in [5, 5.41) is 1.64.